The lowest BCUT2D eigenvalue weighted by Gasteiger charge is -2.20. The summed E-state index contributed by atoms with van der Waals surface area (Å²) in [5.41, 5.74) is 3.99. The summed E-state index contributed by atoms with van der Waals surface area (Å²) >= 11 is 0. The zero-order valence-corrected chi connectivity index (χ0v) is 13.8. The Morgan fingerprint density at radius 2 is 1.91 bits per heavy atom. The molecule has 0 bridgehead atoms. The highest BCUT2D eigenvalue weighted by molar-refractivity contribution is 5.93. The number of hydrogen-bond acceptors (Lipinski definition) is 3. The number of nitrogens with zero attached hydrogens (tertiary/aromatic N) is 2. The molecular weight excluding hydrogens is 278 g/mol. The first-order valence-electron chi connectivity index (χ1n) is 8.20. The fourth-order valence-electron chi connectivity index (χ4n) is 2.46. The number of carbonyl (C=O) groups is 1. The molecule has 1 heterocycles. The predicted molar refractivity (Wildman–Crippen MR) is 88.9 cm³/mol. The number of nitrogens with one attached hydrogen (secondary N) is 1. The molecule has 5 heteroatoms. The van der Waals surface area contributed by atoms with E-state index in [0.717, 1.165) is 24.5 Å². The van der Waals surface area contributed by atoms with E-state index in [9.17, 15) is 4.79 Å². The highest BCUT2D eigenvalue weighted by Crippen LogP contribution is 2.22. The van der Waals surface area contributed by atoms with Crippen LogP contribution in [0.15, 0.2) is 24.3 Å². The van der Waals surface area contributed by atoms with Crippen LogP contribution in [0.25, 0.3) is 0 Å². The molecule has 1 aromatic carbocycles. The summed E-state index contributed by atoms with van der Waals surface area (Å²) in [6.07, 6.45) is 4.81. The maximum atomic E-state index is 12.3. The zero-order chi connectivity index (χ0) is 15.9. The first-order chi connectivity index (χ1) is 10.6. The second kappa shape index (κ2) is 8.03. The van der Waals surface area contributed by atoms with E-state index < -0.39 is 0 Å². The number of ether oxygens (including phenoxy) is 1. The van der Waals surface area contributed by atoms with Crippen molar-refractivity contribution in [2.75, 3.05) is 18.2 Å². The number of rotatable bonds is 8. The number of urea groups is 1. The predicted octanol–water partition coefficient (Wildman–Crippen LogP) is 3.76. The summed E-state index contributed by atoms with van der Waals surface area (Å²) in [5, 5.41) is 1.65. The molecule has 0 unspecified atom stereocenters. The quantitative estimate of drug-likeness (QED) is 0.744. The number of hydrogen-bond donors (Lipinski definition) is 1. The fourth-order valence-corrected chi connectivity index (χ4v) is 2.46. The van der Waals surface area contributed by atoms with Gasteiger partial charge in [0.15, 0.2) is 0 Å². The highest BCUT2D eigenvalue weighted by atomic mass is 16.5. The first kappa shape index (κ1) is 16.6. The summed E-state index contributed by atoms with van der Waals surface area (Å²) in [6, 6.07) is 7.86. The fraction of sp³-hybridized carbons (Fsp3) is 0.588. The molecule has 2 amide bonds. The van der Waals surface area contributed by atoms with Gasteiger partial charge in [-0.1, -0.05) is 26.2 Å². The summed E-state index contributed by atoms with van der Waals surface area (Å²) in [6.45, 7) is 7.45. The molecule has 0 saturated carbocycles. The molecule has 0 atom stereocenters. The topological polar surface area (TPSA) is 44.8 Å². The summed E-state index contributed by atoms with van der Waals surface area (Å²) in [4.78, 5) is 14.0. The van der Waals surface area contributed by atoms with Crippen LogP contribution in [0.4, 0.5) is 10.5 Å². The van der Waals surface area contributed by atoms with Crippen molar-refractivity contribution in [2.45, 2.75) is 52.5 Å². The molecular formula is C17H27N3O2. The first-order valence-corrected chi connectivity index (χ1v) is 8.20. The average molecular weight is 305 g/mol. The van der Waals surface area contributed by atoms with Crippen LogP contribution in [0.5, 0.6) is 5.75 Å². The molecule has 0 spiro atoms. The van der Waals surface area contributed by atoms with Crippen LogP contribution in [0.2, 0.25) is 0 Å². The van der Waals surface area contributed by atoms with E-state index in [1.54, 1.807) is 9.91 Å². The van der Waals surface area contributed by atoms with Gasteiger partial charge in [-0.2, -0.15) is 0 Å². The van der Waals surface area contributed by atoms with E-state index in [-0.39, 0.29) is 12.1 Å². The minimum Gasteiger partial charge on any atom is -0.494 e. The Bertz CT molecular complexity index is 473. The lowest BCUT2D eigenvalue weighted by atomic mass is 10.2. The standard InChI is InChI=1S/C17H27N3O2/c1-4-5-6-7-12-22-16-10-8-15(9-11-16)19-13-18-20(14(2)3)17(19)21/h8-11,14,18H,4-7,12-13H2,1-3H3. The second-order valence-electron chi connectivity index (χ2n) is 5.89. The van der Waals surface area contributed by atoms with E-state index in [2.05, 4.69) is 12.3 Å². The Labute approximate surface area is 133 Å². The largest absolute Gasteiger partial charge is 0.494 e. The van der Waals surface area contributed by atoms with Crippen molar-refractivity contribution >= 4 is 11.7 Å². The van der Waals surface area contributed by atoms with Crippen LogP contribution in [0, 0.1) is 0 Å². The number of unbranched alkanes of at least 4 members (excludes halogenated alkanes) is 3. The SMILES string of the molecule is CCCCCCOc1ccc(N2CNN(C(C)C)C2=O)cc1. The monoisotopic (exact) mass is 305 g/mol. The van der Waals surface area contributed by atoms with E-state index >= 15 is 0 Å². The van der Waals surface area contributed by atoms with Crippen LogP contribution >= 0.6 is 0 Å². The van der Waals surface area contributed by atoms with Gasteiger partial charge in [0, 0.05) is 11.7 Å². The van der Waals surface area contributed by atoms with Crippen LogP contribution in [0.1, 0.15) is 46.5 Å². The van der Waals surface area contributed by atoms with Gasteiger partial charge >= 0.3 is 6.03 Å². The Morgan fingerprint density at radius 3 is 2.50 bits per heavy atom. The van der Waals surface area contributed by atoms with E-state index in [0.29, 0.717) is 6.67 Å². The lowest BCUT2D eigenvalue weighted by molar-refractivity contribution is 0.184. The maximum Gasteiger partial charge on any atom is 0.340 e. The van der Waals surface area contributed by atoms with Crippen LogP contribution in [-0.4, -0.2) is 30.4 Å². The number of anilines is 1. The van der Waals surface area contributed by atoms with Gasteiger partial charge in [0.25, 0.3) is 0 Å². The van der Waals surface area contributed by atoms with Gasteiger partial charge in [-0.05, 0) is 44.5 Å². The van der Waals surface area contributed by atoms with Gasteiger partial charge in [0.2, 0.25) is 0 Å². The molecule has 0 aliphatic carbocycles. The van der Waals surface area contributed by atoms with E-state index in [4.69, 9.17) is 4.74 Å². The van der Waals surface area contributed by atoms with Crippen molar-refractivity contribution in [3.8, 4) is 5.75 Å². The van der Waals surface area contributed by atoms with Crippen molar-refractivity contribution < 1.29 is 9.53 Å². The average Bonchev–Trinajstić information content (AvgIpc) is 2.89. The Balaban J connectivity index is 1.86. The lowest BCUT2D eigenvalue weighted by Crippen LogP contribution is -2.40. The maximum absolute atomic E-state index is 12.3. The third-order valence-corrected chi connectivity index (χ3v) is 3.77. The zero-order valence-electron chi connectivity index (χ0n) is 13.8. The second-order valence-corrected chi connectivity index (χ2v) is 5.89. The van der Waals surface area contributed by atoms with Crippen LogP contribution in [-0.2, 0) is 0 Å². The Hall–Kier alpha value is -1.75. The summed E-state index contributed by atoms with van der Waals surface area (Å²) < 4.78 is 5.73. The molecule has 1 fully saturated rings. The van der Waals surface area contributed by atoms with Crippen LogP contribution < -0.4 is 15.1 Å². The number of carbonyl (C=O) groups excluding carboxylic acids is 1. The molecule has 22 heavy (non-hydrogen) atoms. The number of benzene rings is 1. The number of hydrazine groups is 1. The summed E-state index contributed by atoms with van der Waals surface area (Å²) in [5.74, 6) is 0.862. The molecule has 0 radical (unpaired) electrons. The van der Waals surface area contributed by atoms with Gasteiger partial charge in [-0.15, -0.1) is 0 Å². The molecule has 1 saturated heterocycles. The van der Waals surface area contributed by atoms with E-state index in [1.165, 1.54) is 19.3 Å². The normalized spacial score (nSPS) is 15.0. The smallest absolute Gasteiger partial charge is 0.340 e. The molecule has 1 aliphatic heterocycles. The molecule has 1 aromatic rings. The van der Waals surface area contributed by atoms with Crippen molar-refractivity contribution in [1.82, 2.24) is 10.4 Å². The number of amides is 2. The third-order valence-electron chi connectivity index (χ3n) is 3.77. The van der Waals surface area contributed by atoms with Gasteiger partial charge in [0.05, 0.1) is 13.3 Å². The Morgan fingerprint density at radius 1 is 1.18 bits per heavy atom. The molecule has 0 aromatic heterocycles. The van der Waals surface area contributed by atoms with E-state index in [1.807, 2.05) is 38.1 Å². The van der Waals surface area contributed by atoms with Gasteiger partial charge in [-0.3, -0.25) is 9.91 Å². The molecule has 1 aliphatic rings. The minimum absolute atomic E-state index is 0.0109. The van der Waals surface area contributed by atoms with Crippen molar-refractivity contribution in [3.63, 3.8) is 0 Å². The molecule has 2 rings (SSSR count). The van der Waals surface area contributed by atoms with Crippen molar-refractivity contribution in [1.29, 1.82) is 0 Å². The third kappa shape index (κ3) is 4.13. The van der Waals surface area contributed by atoms with Crippen molar-refractivity contribution in [3.05, 3.63) is 24.3 Å². The van der Waals surface area contributed by atoms with Crippen molar-refractivity contribution in [2.24, 2.45) is 0 Å². The van der Waals surface area contributed by atoms with Gasteiger partial charge in [0.1, 0.15) is 5.75 Å². The van der Waals surface area contributed by atoms with Crippen LogP contribution in [0.3, 0.4) is 0 Å². The van der Waals surface area contributed by atoms with Gasteiger partial charge < -0.3 is 4.74 Å². The van der Waals surface area contributed by atoms with Gasteiger partial charge in [-0.25, -0.2) is 10.2 Å². The minimum atomic E-state index is -0.0109. The highest BCUT2D eigenvalue weighted by Gasteiger charge is 2.30. The Kier molecular flexibility index (Phi) is 6.07. The molecule has 122 valence electrons. The molecule has 5 nitrogen and oxygen atoms in total. The summed E-state index contributed by atoms with van der Waals surface area (Å²) in [7, 11) is 0. The molecule has 1 N–H and O–H groups in total.